The zero-order valence-corrected chi connectivity index (χ0v) is 11.5. The van der Waals surface area contributed by atoms with Gasteiger partial charge >= 0.3 is 0 Å². The number of carbonyl (C=O) groups excluding carboxylic acids is 2. The first kappa shape index (κ1) is 14.8. The van der Waals surface area contributed by atoms with Crippen molar-refractivity contribution in [2.24, 2.45) is 0 Å². The molecular formula is C15H22O3. The number of rotatable bonds is 6. The third-order valence-electron chi connectivity index (χ3n) is 3.65. The zero-order chi connectivity index (χ0) is 13.7. The summed E-state index contributed by atoms with van der Waals surface area (Å²) in [4.78, 5) is 24.0. The number of hydrogen-bond acceptors (Lipinski definition) is 3. The van der Waals surface area contributed by atoms with Crippen molar-refractivity contribution in [2.45, 2.75) is 52.9 Å². The van der Waals surface area contributed by atoms with Gasteiger partial charge in [0.05, 0.1) is 0 Å². The van der Waals surface area contributed by atoms with Gasteiger partial charge in [0.2, 0.25) is 0 Å². The highest BCUT2D eigenvalue weighted by atomic mass is 16.2. The Morgan fingerprint density at radius 2 is 1.33 bits per heavy atom. The zero-order valence-electron chi connectivity index (χ0n) is 11.5. The predicted octanol–water partition coefficient (Wildman–Crippen LogP) is 2.73. The number of hydrogen-bond donors (Lipinski definition) is 1. The van der Waals surface area contributed by atoms with Crippen molar-refractivity contribution < 1.29 is 14.7 Å². The van der Waals surface area contributed by atoms with Gasteiger partial charge in [-0.1, -0.05) is 12.8 Å². The molecule has 0 aromatic carbocycles. The molecule has 18 heavy (non-hydrogen) atoms. The summed E-state index contributed by atoms with van der Waals surface area (Å²) >= 11 is 0. The fourth-order valence-corrected chi connectivity index (χ4v) is 2.22. The molecule has 3 heteroatoms. The van der Waals surface area contributed by atoms with Crippen molar-refractivity contribution in [3.05, 3.63) is 22.3 Å². The SMILES string of the molecule is CC1=C(C)C(=O)C(CCCCCCO)=C(C)C1=O. The van der Waals surface area contributed by atoms with E-state index < -0.39 is 0 Å². The van der Waals surface area contributed by atoms with Crippen LogP contribution in [0.3, 0.4) is 0 Å². The van der Waals surface area contributed by atoms with E-state index in [4.69, 9.17) is 5.11 Å². The first-order valence-corrected chi connectivity index (χ1v) is 6.58. The lowest BCUT2D eigenvalue weighted by Crippen LogP contribution is -2.20. The molecule has 0 amide bonds. The summed E-state index contributed by atoms with van der Waals surface area (Å²) in [5.74, 6) is 0.0456. The Morgan fingerprint density at radius 1 is 0.778 bits per heavy atom. The molecule has 0 saturated carbocycles. The minimum absolute atomic E-state index is 0.0115. The summed E-state index contributed by atoms with van der Waals surface area (Å²) in [5, 5.41) is 8.68. The maximum absolute atomic E-state index is 12.1. The van der Waals surface area contributed by atoms with Crippen LogP contribution >= 0.6 is 0 Å². The van der Waals surface area contributed by atoms with E-state index in [-0.39, 0.29) is 18.2 Å². The van der Waals surface area contributed by atoms with Gasteiger partial charge in [-0.05, 0) is 40.0 Å². The summed E-state index contributed by atoms with van der Waals surface area (Å²) < 4.78 is 0. The largest absolute Gasteiger partial charge is 0.396 e. The van der Waals surface area contributed by atoms with Gasteiger partial charge in [-0.25, -0.2) is 0 Å². The smallest absolute Gasteiger partial charge is 0.185 e. The topological polar surface area (TPSA) is 54.4 Å². The van der Waals surface area contributed by atoms with Crippen LogP contribution in [0.2, 0.25) is 0 Å². The molecule has 1 rings (SSSR count). The molecule has 100 valence electrons. The van der Waals surface area contributed by atoms with Crippen molar-refractivity contribution >= 4 is 11.6 Å². The fourth-order valence-electron chi connectivity index (χ4n) is 2.22. The second kappa shape index (κ2) is 6.64. The van der Waals surface area contributed by atoms with Crippen LogP contribution in [0.5, 0.6) is 0 Å². The molecule has 0 saturated heterocycles. The molecule has 1 aliphatic carbocycles. The number of Topliss-reactive ketones (excluding diaryl/α,β-unsaturated/α-hetero) is 2. The summed E-state index contributed by atoms with van der Waals surface area (Å²) in [6, 6.07) is 0. The Morgan fingerprint density at radius 3 is 1.94 bits per heavy atom. The monoisotopic (exact) mass is 250 g/mol. The van der Waals surface area contributed by atoms with Crippen LogP contribution in [-0.2, 0) is 9.59 Å². The molecule has 1 N–H and O–H groups in total. The highest BCUT2D eigenvalue weighted by molar-refractivity contribution is 6.24. The number of aliphatic hydroxyl groups is 1. The van der Waals surface area contributed by atoms with Crippen molar-refractivity contribution in [2.75, 3.05) is 6.61 Å². The maximum Gasteiger partial charge on any atom is 0.185 e. The van der Waals surface area contributed by atoms with Crippen molar-refractivity contribution in [3.8, 4) is 0 Å². The van der Waals surface area contributed by atoms with Gasteiger partial charge in [-0.3, -0.25) is 9.59 Å². The van der Waals surface area contributed by atoms with Crippen LogP contribution in [0.4, 0.5) is 0 Å². The molecule has 0 aliphatic heterocycles. The molecule has 0 aromatic heterocycles. The standard InChI is InChI=1S/C15H22O3/c1-10-11(2)15(18)13(12(3)14(10)17)8-6-4-5-7-9-16/h16H,4-9H2,1-3H3. The number of ketones is 2. The normalized spacial score (nSPS) is 16.9. The number of allylic oxidation sites excluding steroid dienone is 4. The predicted molar refractivity (Wildman–Crippen MR) is 71.3 cm³/mol. The fraction of sp³-hybridized carbons (Fsp3) is 0.600. The van der Waals surface area contributed by atoms with Gasteiger partial charge in [0, 0.05) is 28.9 Å². The first-order valence-electron chi connectivity index (χ1n) is 6.58. The lowest BCUT2D eigenvalue weighted by Gasteiger charge is -2.18. The lowest BCUT2D eigenvalue weighted by atomic mass is 9.84. The Hall–Kier alpha value is -1.22. The molecule has 3 nitrogen and oxygen atoms in total. The average Bonchev–Trinajstić information content (AvgIpc) is 2.37. The molecule has 0 unspecified atom stereocenters. The van der Waals surface area contributed by atoms with Gasteiger partial charge in [-0.15, -0.1) is 0 Å². The van der Waals surface area contributed by atoms with Gasteiger partial charge in [0.15, 0.2) is 11.6 Å². The van der Waals surface area contributed by atoms with E-state index in [0.717, 1.165) is 25.7 Å². The van der Waals surface area contributed by atoms with Gasteiger partial charge in [0.25, 0.3) is 0 Å². The Balaban J connectivity index is 2.65. The molecule has 1 aliphatic rings. The molecule has 0 atom stereocenters. The molecule has 0 bridgehead atoms. The summed E-state index contributed by atoms with van der Waals surface area (Å²) in [7, 11) is 0. The average molecular weight is 250 g/mol. The second-order valence-corrected chi connectivity index (χ2v) is 4.90. The van der Waals surface area contributed by atoms with E-state index in [1.165, 1.54) is 0 Å². The maximum atomic E-state index is 12.1. The van der Waals surface area contributed by atoms with Crippen LogP contribution in [-0.4, -0.2) is 23.3 Å². The second-order valence-electron chi connectivity index (χ2n) is 4.90. The number of unbranched alkanes of at least 4 members (excludes halogenated alkanes) is 3. The van der Waals surface area contributed by atoms with E-state index in [1.54, 1.807) is 20.8 Å². The van der Waals surface area contributed by atoms with Crippen LogP contribution in [0.1, 0.15) is 52.9 Å². The third kappa shape index (κ3) is 3.16. The quantitative estimate of drug-likeness (QED) is 0.582. The van der Waals surface area contributed by atoms with E-state index in [2.05, 4.69) is 0 Å². The van der Waals surface area contributed by atoms with E-state index in [9.17, 15) is 9.59 Å². The first-order chi connectivity index (χ1) is 8.50. The minimum atomic E-state index is 0.0115. The Kier molecular flexibility index (Phi) is 5.48. The van der Waals surface area contributed by atoms with E-state index >= 15 is 0 Å². The number of aliphatic hydroxyl groups excluding tert-OH is 1. The van der Waals surface area contributed by atoms with Crippen molar-refractivity contribution in [1.29, 1.82) is 0 Å². The lowest BCUT2D eigenvalue weighted by molar-refractivity contribution is -0.116. The van der Waals surface area contributed by atoms with Gasteiger partial charge < -0.3 is 5.11 Å². The van der Waals surface area contributed by atoms with Crippen LogP contribution in [0.25, 0.3) is 0 Å². The molecule has 0 heterocycles. The van der Waals surface area contributed by atoms with Gasteiger partial charge in [-0.2, -0.15) is 0 Å². The highest BCUT2D eigenvalue weighted by Gasteiger charge is 2.26. The van der Waals surface area contributed by atoms with Crippen molar-refractivity contribution in [1.82, 2.24) is 0 Å². The Labute approximate surface area is 109 Å². The third-order valence-corrected chi connectivity index (χ3v) is 3.65. The Bertz CT molecular complexity index is 413. The van der Waals surface area contributed by atoms with Crippen LogP contribution < -0.4 is 0 Å². The number of carbonyl (C=O) groups is 2. The summed E-state index contributed by atoms with van der Waals surface area (Å²) in [6.07, 6.45) is 4.34. The van der Waals surface area contributed by atoms with Crippen LogP contribution in [0, 0.1) is 0 Å². The summed E-state index contributed by atoms with van der Waals surface area (Å²) in [6.45, 7) is 5.42. The van der Waals surface area contributed by atoms with E-state index in [0.29, 0.717) is 28.7 Å². The van der Waals surface area contributed by atoms with Gasteiger partial charge in [0.1, 0.15) is 0 Å². The molecular weight excluding hydrogens is 228 g/mol. The highest BCUT2D eigenvalue weighted by Crippen LogP contribution is 2.27. The van der Waals surface area contributed by atoms with Crippen LogP contribution in [0.15, 0.2) is 22.3 Å². The summed E-state index contributed by atoms with van der Waals surface area (Å²) in [5.41, 5.74) is 2.48. The molecule has 0 radical (unpaired) electrons. The molecule has 0 fully saturated rings. The minimum Gasteiger partial charge on any atom is -0.396 e. The van der Waals surface area contributed by atoms with Crippen molar-refractivity contribution in [3.63, 3.8) is 0 Å². The molecule has 0 spiro atoms. The molecule has 0 aromatic rings. The van der Waals surface area contributed by atoms with E-state index in [1.807, 2.05) is 0 Å².